The Balaban J connectivity index is 1.54. The molecule has 10 heteroatoms. The van der Waals surface area contributed by atoms with E-state index in [2.05, 4.69) is 0 Å². The van der Waals surface area contributed by atoms with Gasteiger partial charge in [0.25, 0.3) is 0 Å². The van der Waals surface area contributed by atoms with Gasteiger partial charge in [-0.15, -0.1) is 0 Å². The van der Waals surface area contributed by atoms with E-state index in [0.717, 1.165) is 29.7 Å². The average molecular weight is 503 g/mol. The van der Waals surface area contributed by atoms with Crippen LogP contribution in [0, 0.1) is 5.92 Å². The highest BCUT2D eigenvalue weighted by atomic mass is 32.2. The van der Waals surface area contributed by atoms with Gasteiger partial charge in [0.2, 0.25) is 0 Å². The fourth-order valence-corrected chi connectivity index (χ4v) is 5.63. The second kappa shape index (κ2) is 10.7. The summed E-state index contributed by atoms with van der Waals surface area (Å²) < 4.78 is 57.0. The molecule has 1 aromatic rings. The normalized spacial score (nSPS) is 18.8. The number of aryl methyl sites for hydroxylation is 1. The summed E-state index contributed by atoms with van der Waals surface area (Å²) in [6.07, 6.45) is -1.80. The van der Waals surface area contributed by atoms with E-state index >= 15 is 0 Å². The summed E-state index contributed by atoms with van der Waals surface area (Å²) in [5, 5.41) is 0. The maximum Gasteiger partial charge on any atom is 0.471 e. The van der Waals surface area contributed by atoms with Gasteiger partial charge in [-0.25, -0.2) is 4.79 Å². The molecule has 2 aliphatic heterocycles. The molecule has 3 rings (SSSR count). The number of alkyl halides is 3. The molecular formula is C24H33F3N2O4S. The Morgan fingerprint density at radius 1 is 1.06 bits per heavy atom. The summed E-state index contributed by atoms with van der Waals surface area (Å²) in [6, 6.07) is 5.29. The van der Waals surface area contributed by atoms with Crippen molar-refractivity contribution in [2.45, 2.75) is 76.1 Å². The van der Waals surface area contributed by atoms with Crippen LogP contribution >= 0.6 is 0 Å². The highest BCUT2D eigenvalue weighted by Crippen LogP contribution is 2.27. The van der Waals surface area contributed by atoms with Crippen LogP contribution in [0.1, 0.15) is 57.6 Å². The number of benzene rings is 1. The Morgan fingerprint density at radius 3 is 2.35 bits per heavy atom. The fraction of sp³-hybridized carbons (Fsp3) is 0.667. The lowest BCUT2D eigenvalue weighted by atomic mass is 9.95. The van der Waals surface area contributed by atoms with Crippen LogP contribution in [0.25, 0.3) is 0 Å². The molecule has 0 radical (unpaired) electrons. The number of hydrogen-bond donors (Lipinski definition) is 0. The van der Waals surface area contributed by atoms with E-state index in [1.807, 2.05) is 26.8 Å². The molecule has 2 aliphatic rings. The van der Waals surface area contributed by atoms with Crippen molar-refractivity contribution in [3.63, 3.8) is 0 Å². The predicted molar refractivity (Wildman–Crippen MR) is 123 cm³/mol. The summed E-state index contributed by atoms with van der Waals surface area (Å²) in [4.78, 5) is 27.0. The molecule has 1 unspecified atom stereocenters. The molecule has 2 amide bonds. The third-order valence-electron chi connectivity index (χ3n) is 6.18. The van der Waals surface area contributed by atoms with Crippen LogP contribution in [0.15, 0.2) is 23.1 Å². The molecule has 1 fully saturated rings. The first kappa shape index (κ1) is 26.5. The van der Waals surface area contributed by atoms with Gasteiger partial charge in [0.05, 0.1) is 10.8 Å². The minimum absolute atomic E-state index is 0.0490. The van der Waals surface area contributed by atoms with Crippen LogP contribution in [0.4, 0.5) is 18.0 Å². The van der Waals surface area contributed by atoms with Gasteiger partial charge in [-0.1, -0.05) is 6.07 Å². The standard InChI is InChI=1S/C24H33F3N2O4S/c1-23(2,3)33-22(31)28-12-8-17(9-13-28)10-14-34(32)20-7-6-18-5-4-11-29(16-19(18)15-20)21(30)24(25,26)27/h6-7,15,17H,4-5,8-14,16H2,1-3H3. The maximum absolute atomic E-state index is 12.9. The number of nitrogens with zero attached hydrogens (tertiary/aromatic N) is 2. The fourth-order valence-electron chi connectivity index (χ4n) is 4.35. The van der Waals surface area contributed by atoms with Crippen LogP contribution in [-0.2, 0) is 33.3 Å². The van der Waals surface area contributed by atoms with E-state index in [1.165, 1.54) is 0 Å². The quantitative estimate of drug-likeness (QED) is 0.600. The zero-order valence-corrected chi connectivity index (χ0v) is 20.8. The molecule has 0 saturated carbocycles. The molecule has 1 aromatic carbocycles. The van der Waals surface area contributed by atoms with Crippen LogP contribution in [-0.4, -0.2) is 63.2 Å². The van der Waals surface area contributed by atoms with Crippen molar-refractivity contribution in [3.05, 3.63) is 29.3 Å². The topological polar surface area (TPSA) is 66.9 Å². The number of likely N-dealkylation sites (tertiary alicyclic amines) is 1. The second-order valence-corrected chi connectivity index (χ2v) is 11.6. The molecule has 6 nitrogen and oxygen atoms in total. The number of carbonyl (C=O) groups is 2. The Morgan fingerprint density at radius 2 is 1.74 bits per heavy atom. The molecule has 0 bridgehead atoms. The van der Waals surface area contributed by atoms with Gasteiger partial charge in [0.15, 0.2) is 0 Å². The SMILES string of the molecule is CC(C)(C)OC(=O)N1CCC(CCS(=O)c2ccc3c(c2)CN(C(=O)C(F)(F)F)CCC3)CC1. The van der Waals surface area contributed by atoms with Gasteiger partial charge in [-0.05, 0) is 82.1 Å². The van der Waals surface area contributed by atoms with Gasteiger partial charge in [-0.2, -0.15) is 13.2 Å². The Labute approximate surface area is 201 Å². The Bertz CT molecular complexity index is 922. The largest absolute Gasteiger partial charge is 0.471 e. The van der Waals surface area contributed by atoms with Crippen LogP contribution < -0.4 is 0 Å². The first-order valence-corrected chi connectivity index (χ1v) is 13.0. The van der Waals surface area contributed by atoms with Crippen molar-refractivity contribution in [2.24, 2.45) is 5.92 Å². The molecule has 0 aromatic heterocycles. The number of carbonyl (C=O) groups excluding carboxylic acids is 2. The number of piperidine rings is 1. The summed E-state index contributed by atoms with van der Waals surface area (Å²) in [5.41, 5.74) is 0.995. The highest BCUT2D eigenvalue weighted by molar-refractivity contribution is 7.85. The summed E-state index contributed by atoms with van der Waals surface area (Å²) >= 11 is 0. The highest BCUT2D eigenvalue weighted by Gasteiger charge is 2.42. The van der Waals surface area contributed by atoms with Crippen LogP contribution in [0.5, 0.6) is 0 Å². The number of amides is 2. The Hall–Kier alpha value is -2.10. The van der Waals surface area contributed by atoms with Crippen molar-refractivity contribution in [2.75, 3.05) is 25.4 Å². The zero-order valence-electron chi connectivity index (χ0n) is 20.0. The lowest BCUT2D eigenvalue weighted by Gasteiger charge is -2.33. The third-order valence-corrected chi connectivity index (χ3v) is 7.57. The molecule has 0 N–H and O–H groups in total. The van der Waals surface area contributed by atoms with Crippen LogP contribution in [0.3, 0.4) is 0 Å². The first-order valence-electron chi connectivity index (χ1n) is 11.7. The molecule has 34 heavy (non-hydrogen) atoms. The number of rotatable bonds is 4. The molecule has 1 atom stereocenters. The summed E-state index contributed by atoms with van der Waals surface area (Å²) in [6.45, 7) is 6.64. The summed E-state index contributed by atoms with van der Waals surface area (Å²) in [5.74, 6) is -1.03. The number of halogens is 3. The average Bonchev–Trinajstić information content (AvgIpc) is 2.97. The Kier molecular flexibility index (Phi) is 8.31. The van der Waals surface area contributed by atoms with Crippen molar-refractivity contribution < 1.29 is 31.7 Å². The smallest absolute Gasteiger partial charge is 0.444 e. The monoisotopic (exact) mass is 502 g/mol. The van der Waals surface area contributed by atoms with E-state index in [4.69, 9.17) is 4.74 Å². The molecule has 1 saturated heterocycles. The molecule has 0 spiro atoms. The number of fused-ring (bicyclic) bond motifs is 1. The van der Waals surface area contributed by atoms with Crippen molar-refractivity contribution in [1.82, 2.24) is 9.80 Å². The van der Waals surface area contributed by atoms with E-state index in [0.29, 0.717) is 48.1 Å². The van der Waals surface area contributed by atoms with Gasteiger partial charge in [-0.3, -0.25) is 9.00 Å². The number of hydrogen-bond acceptors (Lipinski definition) is 4. The van der Waals surface area contributed by atoms with Crippen LogP contribution in [0.2, 0.25) is 0 Å². The third kappa shape index (κ3) is 7.20. The maximum atomic E-state index is 12.9. The lowest BCUT2D eigenvalue weighted by molar-refractivity contribution is -0.186. The zero-order chi connectivity index (χ0) is 25.1. The van der Waals surface area contributed by atoms with Gasteiger partial charge >= 0.3 is 18.2 Å². The molecular weight excluding hydrogens is 469 g/mol. The predicted octanol–water partition coefficient (Wildman–Crippen LogP) is 4.67. The molecule has 0 aliphatic carbocycles. The second-order valence-electron chi connectivity index (χ2n) is 10.0. The molecule has 2 heterocycles. The van der Waals surface area contributed by atoms with Crippen molar-refractivity contribution in [3.8, 4) is 0 Å². The van der Waals surface area contributed by atoms with E-state index in [1.54, 1.807) is 17.0 Å². The minimum Gasteiger partial charge on any atom is -0.444 e. The van der Waals surface area contributed by atoms with E-state index < -0.39 is 28.5 Å². The van der Waals surface area contributed by atoms with Crippen molar-refractivity contribution >= 4 is 22.8 Å². The number of ether oxygens (including phenoxy) is 1. The summed E-state index contributed by atoms with van der Waals surface area (Å²) in [7, 11) is -1.29. The lowest BCUT2D eigenvalue weighted by Crippen LogP contribution is -2.41. The van der Waals surface area contributed by atoms with Crippen molar-refractivity contribution in [1.29, 1.82) is 0 Å². The van der Waals surface area contributed by atoms with E-state index in [9.17, 15) is 27.0 Å². The van der Waals surface area contributed by atoms with Gasteiger partial charge in [0.1, 0.15) is 5.60 Å². The minimum atomic E-state index is -4.90. The van der Waals surface area contributed by atoms with E-state index in [-0.39, 0.29) is 19.2 Å². The van der Waals surface area contributed by atoms with Gasteiger partial charge in [0, 0.05) is 36.8 Å². The van der Waals surface area contributed by atoms with Gasteiger partial charge < -0.3 is 14.5 Å². The first-order chi connectivity index (χ1) is 15.8. The molecule has 190 valence electrons.